The Kier molecular flexibility index (Phi) is 8.64. The summed E-state index contributed by atoms with van der Waals surface area (Å²) in [7, 11) is 3.37. The van der Waals surface area contributed by atoms with Crippen molar-refractivity contribution in [2.24, 2.45) is 4.99 Å². The normalized spacial score (nSPS) is 10.6. The van der Waals surface area contributed by atoms with Crippen molar-refractivity contribution in [1.29, 1.82) is 0 Å². The van der Waals surface area contributed by atoms with Gasteiger partial charge in [-0.05, 0) is 29.1 Å². The van der Waals surface area contributed by atoms with E-state index in [2.05, 4.69) is 32.4 Å². The Balaban J connectivity index is 0.00000264. The lowest BCUT2D eigenvalue weighted by Crippen LogP contribution is -2.36. The number of rotatable bonds is 5. The molecule has 0 saturated heterocycles. The number of nitrogens with zero attached hydrogens (tertiary/aromatic N) is 1. The van der Waals surface area contributed by atoms with Gasteiger partial charge < -0.3 is 16.0 Å². The van der Waals surface area contributed by atoms with E-state index in [0.717, 1.165) is 18.1 Å². The Morgan fingerprint density at radius 2 is 1.96 bits per heavy atom. The van der Waals surface area contributed by atoms with Crippen molar-refractivity contribution in [3.8, 4) is 0 Å². The second-order valence-corrected chi connectivity index (χ2v) is 5.67. The molecular weight excluding hydrogens is 423 g/mol. The number of thiophene rings is 1. The molecular formula is C16H21IN4OS. The van der Waals surface area contributed by atoms with Gasteiger partial charge in [-0.2, -0.15) is 0 Å². The molecule has 1 heterocycles. The number of amides is 1. The fourth-order valence-electron chi connectivity index (χ4n) is 1.96. The van der Waals surface area contributed by atoms with Gasteiger partial charge in [-0.1, -0.05) is 18.2 Å². The molecule has 7 heteroatoms. The predicted octanol–water partition coefficient (Wildman–Crippen LogP) is 2.59. The Bertz CT molecular complexity index is 643. The quantitative estimate of drug-likeness (QED) is 0.378. The van der Waals surface area contributed by atoms with Gasteiger partial charge >= 0.3 is 0 Å². The number of nitrogens with one attached hydrogen (secondary N) is 3. The topological polar surface area (TPSA) is 65.5 Å². The highest BCUT2D eigenvalue weighted by atomic mass is 127. The highest BCUT2D eigenvalue weighted by Gasteiger charge is 2.04. The maximum Gasteiger partial charge on any atom is 0.251 e. The summed E-state index contributed by atoms with van der Waals surface area (Å²) in [5.74, 6) is 0.654. The fraction of sp³-hybridized carbons (Fsp3) is 0.250. The van der Waals surface area contributed by atoms with Gasteiger partial charge in [-0.25, -0.2) is 0 Å². The van der Waals surface area contributed by atoms with Crippen LogP contribution in [0.25, 0.3) is 0 Å². The van der Waals surface area contributed by atoms with E-state index in [1.807, 2.05) is 24.3 Å². The zero-order valence-electron chi connectivity index (χ0n) is 13.1. The summed E-state index contributed by atoms with van der Waals surface area (Å²) < 4.78 is 0. The number of carbonyl (C=O) groups excluding carboxylic acids is 1. The van der Waals surface area contributed by atoms with Crippen molar-refractivity contribution in [2.45, 2.75) is 13.1 Å². The van der Waals surface area contributed by atoms with Crippen molar-refractivity contribution in [1.82, 2.24) is 16.0 Å². The van der Waals surface area contributed by atoms with E-state index in [-0.39, 0.29) is 29.9 Å². The van der Waals surface area contributed by atoms with Crippen molar-refractivity contribution < 1.29 is 4.79 Å². The molecule has 2 rings (SSSR count). The summed E-state index contributed by atoms with van der Waals surface area (Å²) in [6.45, 7) is 1.35. The van der Waals surface area contributed by atoms with Crippen LogP contribution in [0.4, 0.5) is 0 Å². The molecule has 0 bridgehead atoms. The molecule has 3 N–H and O–H groups in total. The first-order chi connectivity index (χ1) is 10.7. The smallest absolute Gasteiger partial charge is 0.251 e. The SMILES string of the molecule is CN=C(NCc1cccc(C(=O)NC)c1)NCc1cccs1.I. The first-order valence-corrected chi connectivity index (χ1v) is 7.89. The van der Waals surface area contributed by atoms with E-state index < -0.39 is 0 Å². The van der Waals surface area contributed by atoms with Crippen molar-refractivity contribution in [3.05, 3.63) is 57.8 Å². The lowest BCUT2D eigenvalue weighted by molar-refractivity contribution is 0.0963. The van der Waals surface area contributed by atoms with Gasteiger partial charge in [-0.3, -0.25) is 9.79 Å². The van der Waals surface area contributed by atoms with Crippen LogP contribution in [0.2, 0.25) is 0 Å². The summed E-state index contributed by atoms with van der Waals surface area (Å²) >= 11 is 1.71. The monoisotopic (exact) mass is 444 g/mol. The second kappa shape index (κ2) is 10.2. The third-order valence-corrected chi connectivity index (χ3v) is 3.99. The molecule has 23 heavy (non-hydrogen) atoms. The van der Waals surface area contributed by atoms with E-state index in [0.29, 0.717) is 12.1 Å². The average Bonchev–Trinajstić information content (AvgIpc) is 3.08. The van der Waals surface area contributed by atoms with Gasteiger partial charge in [0.05, 0.1) is 6.54 Å². The van der Waals surface area contributed by atoms with Gasteiger partial charge in [0.15, 0.2) is 5.96 Å². The van der Waals surface area contributed by atoms with Crippen LogP contribution in [-0.4, -0.2) is 26.0 Å². The maximum atomic E-state index is 11.6. The van der Waals surface area contributed by atoms with Crippen molar-refractivity contribution in [2.75, 3.05) is 14.1 Å². The zero-order chi connectivity index (χ0) is 15.8. The molecule has 0 radical (unpaired) electrons. The Labute approximate surface area is 157 Å². The molecule has 0 aliphatic rings. The summed E-state index contributed by atoms with van der Waals surface area (Å²) in [5.41, 5.74) is 1.68. The van der Waals surface area contributed by atoms with Crippen LogP contribution < -0.4 is 16.0 Å². The number of aliphatic imine (C=N–C) groups is 1. The zero-order valence-corrected chi connectivity index (χ0v) is 16.3. The van der Waals surface area contributed by atoms with Gasteiger partial charge in [0, 0.05) is 31.1 Å². The number of benzene rings is 1. The van der Waals surface area contributed by atoms with Crippen LogP contribution in [0.5, 0.6) is 0 Å². The number of carbonyl (C=O) groups is 1. The molecule has 1 aromatic carbocycles. The molecule has 0 unspecified atom stereocenters. The molecule has 0 spiro atoms. The van der Waals surface area contributed by atoms with Crippen LogP contribution in [0.3, 0.4) is 0 Å². The molecule has 0 fully saturated rings. The Hall–Kier alpha value is -1.61. The fourth-order valence-corrected chi connectivity index (χ4v) is 2.60. The molecule has 2 aromatic rings. The van der Waals surface area contributed by atoms with E-state index in [1.165, 1.54) is 4.88 Å². The summed E-state index contributed by atoms with van der Waals surface area (Å²) in [6.07, 6.45) is 0. The standard InChI is InChI=1S/C16H20N4OS.HI/c1-17-15(21)13-6-3-5-12(9-13)10-19-16(18-2)20-11-14-7-4-8-22-14;/h3-9H,10-11H2,1-2H3,(H,17,21)(H2,18,19,20);1H. The molecule has 5 nitrogen and oxygen atoms in total. The highest BCUT2D eigenvalue weighted by Crippen LogP contribution is 2.07. The van der Waals surface area contributed by atoms with E-state index >= 15 is 0 Å². The highest BCUT2D eigenvalue weighted by molar-refractivity contribution is 14.0. The summed E-state index contributed by atoms with van der Waals surface area (Å²) in [6, 6.07) is 11.6. The Morgan fingerprint density at radius 3 is 2.61 bits per heavy atom. The van der Waals surface area contributed by atoms with E-state index in [1.54, 1.807) is 31.5 Å². The van der Waals surface area contributed by atoms with Gasteiger partial charge in [0.1, 0.15) is 0 Å². The number of guanidine groups is 1. The van der Waals surface area contributed by atoms with Crippen LogP contribution in [-0.2, 0) is 13.1 Å². The molecule has 0 saturated carbocycles. The van der Waals surface area contributed by atoms with E-state index in [9.17, 15) is 4.79 Å². The minimum Gasteiger partial charge on any atom is -0.355 e. The number of hydrogen-bond donors (Lipinski definition) is 3. The second-order valence-electron chi connectivity index (χ2n) is 4.64. The average molecular weight is 444 g/mol. The maximum absolute atomic E-state index is 11.6. The van der Waals surface area contributed by atoms with Crippen LogP contribution >= 0.6 is 35.3 Å². The first-order valence-electron chi connectivity index (χ1n) is 7.01. The van der Waals surface area contributed by atoms with Crippen LogP contribution in [0, 0.1) is 0 Å². The summed E-state index contributed by atoms with van der Waals surface area (Å²) in [4.78, 5) is 17.1. The minimum atomic E-state index is -0.0814. The Morgan fingerprint density at radius 1 is 1.17 bits per heavy atom. The molecule has 1 amide bonds. The first kappa shape index (κ1) is 19.4. The summed E-state index contributed by atoms with van der Waals surface area (Å²) in [5, 5.41) is 11.2. The van der Waals surface area contributed by atoms with Gasteiger partial charge in [0.2, 0.25) is 0 Å². The third-order valence-electron chi connectivity index (χ3n) is 3.11. The lowest BCUT2D eigenvalue weighted by atomic mass is 10.1. The van der Waals surface area contributed by atoms with Gasteiger partial charge in [0.25, 0.3) is 5.91 Å². The number of hydrogen-bond acceptors (Lipinski definition) is 3. The molecule has 124 valence electrons. The minimum absolute atomic E-state index is 0. The van der Waals surface area contributed by atoms with Crippen molar-refractivity contribution in [3.63, 3.8) is 0 Å². The molecule has 0 aliphatic heterocycles. The molecule has 0 aliphatic carbocycles. The largest absolute Gasteiger partial charge is 0.355 e. The predicted molar refractivity (Wildman–Crippen MR) is 107 cm³/mol. The third kappa shape index (κ3) is 6.19. The lowest BCUT2D eigenvalue weighted by Gasteiger charge is -2.11. The molecule has 0 atom stereocenters. The van der Waals surface area contributed by atoms with Crippen molar-refractivity contribution >= 4 is 47.2 Å². The van der Waals surface area contributed by atoms with Crippen LogP contribution in [0.15, 0.2) is 46.8 Å². The number of halogens is 1. The van der Waals surface area contributed by atoms with Crippen LogP contribution in [0.1, 0.15) is 20.8 Å². The van der Waals surface area contributed by atoms with E-state index in [4.69, 9.17) is 0 Å². The molecule has 1 aromatic heterocycles. The van der Waals surface area contributed by atoms with Gasteiger partial charge in [-0.15, -0.1) is 35.3 Å².